The minimum absolute atomic E-state index is 0.139. The Morgan fingerprint density at radius 1 is 1.45 bits per heavy atom. The van der Waals surface area contributed by atoms with Crippen LogP contribution in [0.4, 0.5) is 5.69 Å². The summed E-state index contributed by atoms with van der Waals surface area (Å²) in [6.07, 6.45) is 1.82. The van der Waals surface area contributed by atoms with Gasteiger partial charge in [0.1, 0.15) is 5.75 Å². The van der Waals surface area contributed by atoms with E-state index in [1.807, 2.05) is 6.92 Å². The van der Waals surface area contributed by atoms with Gasteiger partial charge in [-0.05, 0) is 31.2 Å². The van der Waals surface area contributed by atoms with Crippen molar-refractivity contribution in [3.63, 3.8) is 0 Å². The summed E-state index contributed by atoms with van der Waals surface area (Å²) in [6.45, 7) is 2.26. The van der Waals surface area contributed by atoms with E-state index in [0.29, 0.717) is 23.6 Å². The van der Waals surface area contributed by atoms with Crippen molar-refractivity contribution >= 4 is 11.6 Å². The van der Waals surface area contributed by atoms with E-state index in [0.717, 1.165) is 5.69 Å². The number of aliphatic hydroxyl groups excluding tert-OH is 1. The fourth-order valence-electron chi connectivity index (χ4n) is 1.84. The number of hydrogen-bond acceptors (Lipinski definition) is 4. The number of H-pyrrole nitrogens is 1. The Labute approximate surface area is 116 Å². The van der Waals surface area contributed by atoms with Crippen LogP contribution in [0, 0.1) is 0 Å². The van der Waals surface area contributed by atoms with E-state index in [2.05, 4.69) is 15.5 Å². The predicted molar refractivity (Wildman–Crippen MR) is 74.5 cm³/mol. The van der Waals surface area contributed by atoms with Gasteiger partial charge in [-0.3, -0.25) is 9.89 Å². The first kappa shape index (κ1) is 14.1. The molecule has 0 saturated heterocycles. The maximum atomic E-state index is 11.8. The molecule has 1 amide bonds. The minimum Gasteiger partial charge on any atom is -0.494 e. The number of anilines is 1. The molecule has 0 spiro atoms. The fourth-order valence-corrected chi connectivity index (χ4v) is 1.84. The molecular formula is C14H17N3O3. The Hall–Kier alpha value is -2.34. The molecule has 2 aromatic rings. The van der Waals surface area contributed by atoms with Gasteiger partial charge in [0.25, 0.3) is 0 Å². The van der Waals surface area contributed by atoms with Gasteiger partial charge in [0.05, 0.1) is 19.6 Å². The molecule has 0 aliphatic carbocycles. The highest BCUT2D eigenvalue weighted by Crippen LogP contribution is 2.23. The van der Waals surface area contributed by atoms with Crippen molar-refractivity contribution in [1.29, 1.82) is 0 Å². The Morgan fingerprint density at radius 2 is 2.30 bits per heavy atom. The van der Waals surface area contributed by atoms with Crippen LogP contribution in [0.1, 0.15) is 18.2 Å². The molecule has 0 aliphatic heterocycles. The summed E-state index contributed by atoms with van der Waals surface area (Å²) in [4.78, 5) is 11.8. The van der Waals surface area contributed by atoms with Gasteiger partial charge in [0.15, 0.2) is 0 Å². The summed E-state index contributed by atoms with van der Waals surface area (Å²) >= 11 is 0. The second-order valence-electron chi connectivity index (χ2n) is 4.22. The normalized spacial score (nSPS) is 10.3. The molecule has 0 saturated carbocycles. The van der Waals surface area contributed by atoms with Crippen molar-refractivity contribution in [1.82, 2.24) is 10.2 Å². The molecule has 6 heteroatoms. The van der Waals surface area contributed by atoms with Gasteiger partial charge in [-0.1, -0.05) is 0 Å². The van der Waals surface area contributed by atoms with Gasteiger partial charge in [-0.25, -0.2) is 0 Å². The topological polar surface area (TPSA) is 87.2 Å². The molecule has 0 radical (unpaired) electrons. The number of aliphatic hydroxyl groups is 1. The van der Waals surface area contributed by atoms with Crippen LogP contribution in [-0.2, 0) is 17.8 Å². The molecule has 20 heavy (non-hydrogen) atoms. The second-order valence-corrected chi connectivity index (χ2v) is 4.22. The van der Waals surface area contributed by atoms with Crippen LogP contribution in [0.2, 0.25) is 0 Å². The molecule has 106 valence electrons. The Balaban J connectivity index is 2.03. The molecule has 0 unspecified atom stereocenters. The maximum Gasteiger partial charge on any atom is 0.230 e. The molecule has 0 atom stereocenters. The highest BCUT2D eigenvalue weighted by Gasteiger charge is 2.08. The van der Waals surface area contributed by atoms with Crippen LogP contribution in [0.15, 0.2) is 30.5 Å². The van der Waals surface area contributed by atoms with Crippen molar-refractivity contribution in [2.45, 2.75) is 20.0 Å². The zero-order chi connectivity index (χ0) is 14.4. The number of nitrogens with zero attached hydrogens (tertiary/aromatic N) is 1. The van der Waals surface area contributed by atoms with Gasteiger partial charge in [0, 0.05) is 23.1 Å². The number of nitrogens with one attached hydrogen (secondary N) is 2. The van der Waals surface area contributed by atoms with Gasteiger partial charge in [-0.15, -0.1) is 0 Å². The van der Waals surface area contributed by atoms with Gasteiger partial charge in [0.2, 0.25) is 5.91 Å². The third-order valence-corrected chi connectivity index (χ3v) is 2.72. The maximum absolute atomic E-state index is 11.8. The minimum atomic E-state index is -0.151. The van der Waals surface area contributed by atoms with Crippen LogP contribution in [0.3, 0.4) is 0 Å². The highest BCUT2D eigenvalue weighted by molar-refractivity contribution is 5.92. The van der Waals surface area contributed by atoms with E-state index in [-0.39, 0.29) is 18.9 Å². The molecule has 0 aliphatic rings. The Morgan fingerprint density at radius 3 is 2.95 bits per heavy atom. The first-order valence-corrected chi connectivity index (χ1v) is 6.37. The van der Waals surface area contributed by atoms with E-state index in [4.69, 9.17) is 4.74 Å². The van der Waals surface area contributed by atoms with Crippen molar-refractivity contribution in [2.24, 2.45) is 0 Å². The van der Waals surface area contributed by atoms with Crippen LogP contribution in [0.5, 0.6) is 5.75 Å². The summed E-state index contributed by atoms with van der Waals surface area (Å²) in [5.41, 5.74) is 2.02. The van der Waals surface area contributed by atoms with Crippen molar-refractivity contribution < 1.29 is 14.6 Å². The predicted octanol–water partition coefficient (Wildman–Crippen LogP) is 1.48. The summed E-state index contributed by atoms with van der Waals surface area (Å²) in [7, 11) is 0. The third kappa shape index (κ3) is 3.58. The Bertz CT molecular complexity index is 567. The lowest BCUT2D eigenvalue weighted by atomic mass is 10.2. The molecule has 1 aromatic heterocycles. The molecule has 6 nitrogen and oxygen atoms in total. The largest absolute Gasteiger partial charge is 0.494 e. The number of aromatic amines is 1. The quantitative estimate of drug-likeness (QED) is 0.745. The lowest BCUT2D eigenvalue weighted by molar-refractivity contribution is -0.115. The molecule has 0 bridgehead atoms. The number of aromatic nitrogens is 2. The van der Waals surface area contributed by atoms with Gasteiger partial charge >= 0.3 is 0 Å². The molecule has 1 heterocycles. The average molecular weight is 275 g/mol. The highest BCUT2D eigenvalue weighted by atomic mass is 16.5. The van der Waals surface area contributed by atoms with Gasteiger partial charge in [-0.2, -0.15) is 5.10 Å². The van der Waals surface area contributed by atoms with E-state index >= 15 is 0 Å². The number of carbonyl (C=O) groups excluding carboxylic acids is 1. The standard InChI is InChI=1S/C14H17N3O3/c1-2-20-13-4-3-11(7-10(13)9-18)16-14(19)8-12-5-6-15-17-12/h3-7,18H,2,8-9H2,1H3,(H,15,17)(H,16,19). The zero-order valence-electron chi connectivity index (χ0n) is 11.2. The molecular weight excluding hydrogens is 258 g/mol. The Kier molecular flexibility index (Phi) is 4.73. The second kappa shape index (κ2) is 6.72. The summed E-state index contributed by atoms with van der Waals surface area (Å²) < 4.78 is 5.39. The number of ether oxygens (including phenoxy) is 1. The van der Waals surface area contributed by atoms with Crippen molar-refractivity contribution in [3.8, 4) is 5.75 Å². The molecule has 1 aromatic carbocycles. The first-order valence-electron chi connectivity index (χ1n) is 6.37. The van der Waals surface area contributed by atoms with Crippen LogP contribution in [0.25, 0.3) is 0 Å². The number of hydrogen-bond donors (Lipinski definition) is 3. The van der Waals surface area contributed by atoms with E-state index < -0.39 is 0 Å². The van der Waals surface area contributed by atoms with E-state index in [1.54, 1.807) is 30.5 Å². The van der Waals surface area contributed by atoms with Crippen LogP contribution < -0.4 is 10.1 Å². The smallest absolute Gasteiger partial charge is 0.230 e. The number of benzene rings is 1. The van der Waals surface area contributed by atoms with E-state index in [9.17, 15) is 9.90 Å². The number of rotatable bonds is 6. The van der Waals surface area contributed by atoms with E-state index in [1.165, 1.54) is 0 Å². The average Bonchev–Trinajstić information content (AvgIpc) is 2.93. The molecule has 2 rings (SSSR count). The third-order valence-electron chi connectivity index (χ3n) is 2.72. The lowest BCUT2D eigenvalue weighted by Crippen LogP contribution is -2.15. The van der Waals surface area contributed by atoms with Crippen LogP contribution in [-0.4, -0.2) is 27.8 Å². The first-order chi connectivity index (χ1) is 9.72. The summed E-state index contributed by atoms with van der Waals surface area (Å²) in [5, 5.41) is 18.6. The summed E-state index contributed by atoms with van der Waals surface area (Å²) in [5.74, 6) is 0.476. The van der Waals surface area contributed by atoms with Crippen molar-refractivity contribution in [2.75, 3.05) is 11.9 Å². The molecule has 0 fully saturated rings. The SMILES string of the molecule is CCOc1ccc(NC(=O)Cc2ccn[nH]2)cc1CO. The lowest BCUT2D eigenvalue weighted by Gasteiger charge is -2.11. The summed E-state index contributed by atoms with van der Waals surface area (Å²) in [6, 6.07) is 6.93. The fraction of sp³-hybridized carbons (Fsp3) is 0.286. The zero-order valence-corrected chi connectivity index (χ0v) is 11.2. The monoisotopic (exact) mass is 275 g/mol. The van der Waals surface area contributed by atoms with Crippen LogP contribution >= 0.6 is 0 Å². The number of carbonyl (C=O) groups is 1. The van der Waals surface area contributed by atoms with Crippen molar-refractivity contribution in [3.05, 3.63) is 41.7 Å². The number of amides is 1. The molecule has 3 N–H and O–H groups in total. The van der Waals surface area contributed by atoms with Gasteiger partial charge < -0.3 is 15.2 Å².